The summed E-state index contributed by atoms with van der Waals surface area (Å²) in [5.41, 5.74) is 4.65. The lowest BCUT2D eigenvalue weighted by molar-refractivity contribution is 0.485. The van der Waals surface area contributed by atoms with Gasteiger partial charge >= 0.3 is 0 Å². The Morgan fingerprint density at radius 2 is 1.78 bits per heavy atom. The fraction of sp³-hybridized carbons (Fsp3) is 0.647. The van der Waals surface area contributed by atoms with Crippen LogP contribution in [-0.4, -0.2) is 5.33 Å². The van der Waals surface area contributed by atoms with Crippen LogP contribution in [0.3, 0.4) is 0 Å². The minimum atomic E-state index is 0.235. The normalized spacial score (nSPS) is 14.0. The summed E-state index contributed by atoms with van der Waals surface area (Å²) in [6, 6.07) is 7.01. The summed E-state index contributed by atoms with van der Waals surface area (Å²) in [6.07, 6.45) is 1.21. The maximum absolute atomic E-state index is 3.60. The minimum Gasteiger partial charge on any atom is -0.0928 e. The van der Waals surface area contributed by atoms with Gasteiger partial charge < -0.3 is 0 Å². The molecule has 102 valence electrons. The number of benzene rings is 1. The van der Waals surface area contributed by atoms with Crippen molar-refractivity contribution in [3.63, 3.8) is 0 Å². The molecule has 0 heterocycles. The topological polar surface area (TPSA) is 0 Å². The van der Waals surface area contributed by atoms with Gasteiger partial charge in [-0.05, 0) is 47.3 Å². The van der Waals surface area contributed by atoms with Crippen molar-refractivity contribution in [2.45, 2.75) is 59.3 Å². The van der Waals surface area contributed by atoms with E-state index >= 15 is 0 Å². The van der Waals surface area contributed by atoms with Crippen LogP contribution in [-0.2, 0) is 5.41 Å². The monoisotopic (exact) mass is 310 g/mol. The zero-order chi connectivity index (χ0) is 13.9. The van der Waals surface area contributed by atoms with Crippen LogP contribution < -0.4 is 0 Å². The largest absolute Gasteiger partial charge is 0.0928 e. The third-order valence-corrected chi connectivity index (χ3v) is 4.23. The summed E-state index contributed by atoms with van der Waals surface area (Å²) in [6.45, 7) is 13.8. The molecule has 1 heteroatoms. The molecule has 0 saturated heterocycles. The van der Waals surface area contributed by atoms with E-state index in [0.29, 0.717) is 11.8 Å². The van der Waals surface area contributed by atoms with Crippen LogP contribution in [0.1, 0.15) is 63.6 Å². The molecule has 0 aliphatic carbocycles. The van der Waals surface area contributed by atoms with Gasteiger partial charge in [0.25, 0.3) is 0 Å². The second-order valence-electron chi connectivity index (χ2n) is 6.65. The smallest absolute Gasteiger partial charge is 0.00372 e. The fourth-order valence-corrected chi connectivity index (χ4v) is 2.97. The number of alkyl halides is 1. The van der Waals surface area contributed by atoms with Crippen molar-refractivity contribution in [3.05, 3.63) is 34.9 Å². The van der Waals surface area contributed by atoms with Gasteiger partial charge in [0.05, 0.1) is 0 Å². The van der Waals surface area contributed by atoms with Crippen LogP contribution >= 0.6 is 15.9 Å². The first-order chi connectivity index (χ1) is 8.27. The number of rotatable bonds is 4. The third-order valence-electron chi connectivity index (χ3n) is 3.77. The van der Waals surface area contributed by atoms with E-state index in [2.05, 4.69) is 75.7 Å². The zero-order valence-corrected chi connectivity index (χ0v) is 14.3. The fourth-order valence-electron chi connectivity index (χ4n) is 2.47. The average molecular weight is 311 g/mol. The molecule has 0 aliphatic rings. The van der Waals surface area contributed by atoms with E-state index in [9.17, 15) is 0 Å². The van der Waals surface area contributed by atoms with E-state index in [1.165, 1.54) is 23.1 Å². The van der Waals surface area contributed by atoms with Gasteiger partial charge in [-0.25, -0.2) is 0 Å². The molecule has 0 aromatic heterocycles. The maximum atomic E-state index is 3.60. The summed E-state index contributed by atoms with van der Waals surface area (Å²) >= 11 is 3.60. The SMILES string of the molecule is Cc1ccc(C(C)(C)C)cc1C(CCBr)C(C)C. The predicted molar refractivity (Wildman–Crippen MR) is 85.9 cm³/mol. The Hall–Kier alpha value is -0.300. The molecule has 0 bridgehead atoms. The lowest BCUT2D eigenvalue weighted by Crippen LogP contribution is -2.14. The summed E-state index contributed by atoms with van der Waals surface area (Å²) in [7, 11) is 0. The first-order valence-corrected chi connectivity index (χ1v) is 8.06. The molecule has 0 saturated carbocycles. The molecule has 1 rings (SSSR count). The van der Waals surface area contributed by atoms with E-state index in [0.717, 1.165) is 5.33 Å². The molecular formula is C17H27Br. The van der Waals surface area contributed by atoms with E-state index in [-0.39, 0.29) is 5.41 Å². The Bertz CT molecular complexity index is 385. The predicted octanol–water partition coefficient (Wildman–Crippen LogP) is 5.82. The van der Waals surface area contributed by atoms with E-state index in [1.54, 1.807) is 0 Å². The molecule has 1 aromatic rings. The van der Waals surface area contributed by atoms with E-state index < -0.39 is 0 Å². The number of hydrogen-bond donors (Lipinski definition) is 0. The molecule has 0 radical (unpaired) electrons. The highest BCUT2D eigenvalue weighted by atomic mass is 79.9. The van der Waals surface area contributed by atoms with Gasteiger partial charge in [-0.15, -0.1) is 0 Å². The van der Waals surface area contributed by atoms with E-state index in [4.69, 9.17) is 0 Å². The second kappa shape index (κ2) is 6.23. The van der Waals surface area contributed by atoms with Crippen molar-refractivity contribution < 1.29 is 0 Å². The molecule has 0 N–H and O–H groups in total. The van der Waals surface area contributed by atoms with Crippen LogP contribution in [0.15, 0.2) is 18.2 Å². The summed E-state index contributed by atoms with van der Waals surface area (Å²) in [5, 5.41) is 1.08. The van der Waals surface area contributed by atoms with Crippen molar-refractivity contribution in [2.75, 3.05) is 5.33 Å². The minimum absolute atomic E-state index is 0.235. The van der Waals surface area contributed by atoms with Crippen LogP contribution in [0.2, 0.25) is 0 Å². The third kappa shape index (κ3) is 3.85. The van der Waals surface area contributed by atoms with Crippen LogP contribution in [0, 0.1) is 12.8 Å². The van der Waals surface area contributed by atoms with Crippen molar-refractivity contribution in [2.24, 2.45) is 5.92 Å². The molecule has 0 aliphatic heterocycles. The summed E-state index contributed by atoms with van der Waals surface area (Å²) in [4.78, 5) is 0. The van der Waals surface area contributed by atoms with Crippen molar-refractivity contribution in [3.8, 4) is 0 Å². The summed E-state index contributed by atoms with van der Waals surface area (Å²) in [5.74, 6) is 1.35. The standard InChI is InChI=1S/C17H27Br/c1-12(2)15(9-10-18)16-11-14(17(4,5)6)8-7-13(16)3/h7-8,11-12,15H,9-10H2,1-6H3. The van der Waals surface area contributed by atoms with Crippen molar-refractivity contribution in [1.29, 1.82) is 0 Å². The molecule has 1 atom stereocenters. The van der Waals surface area contributed by atoms with Gasteiger partial charge in [0, 0.05) is 5.33 Å². The molecule has 0 fully saturated rings. The van der Waals surface area contributed by atoms with Crippen LogP contribution in [0.5, 0.6) is 0 Å². The van der Waals surface area contributed by atoms with Crippen molar-refractivity contribution >= 4 is 15.9 Å². The van der Waals surface area contributed by atoms with Gasteiger partial charge in [-0.2, -0.15) is 0 Å². The van der Waals surface area contributed by atoms with Gasteiger partial charge in [0.15, 0.2) is 0 Å². The molecule has 0 nitrogen and oxygen atoms in total. The van der Waals surface area contributed by atoms with Gasteiger partial charge in [0.1, 0.15) is 0 Å². The highest BCUT2D eigenvalue weighted by Crippen LogP contribution is 2.34. The molecule has 0 spiro atoms. The van der Waals surface area contributed by atoms with Crippen LogP contribution in [0.4, 0.5) is 0 Å². The Morgan fingerprint density at radius 3 is 2.22 bits per heavy atom. The molecule has 0 amide bonds. The van der Waals surface area contributed by atoms with Crippen LogP contribution in [0.25, 0.3) is 0 Å². The quantitative estimate of drug-likeness (QED) is 0.615. The molecule has 1 aromatic carbocycles. The first-order valence-electron chi connectivity index (χ1n) is 6.94. The maximum Gasteiger partial charge on any atom is 0.00372 e. The number of halogens is 1. The lowest BCUT2D eigenvalue weighted by atomic mass is 9.79. The Morgan fingerprint density at radius 1 is 1.17 bits per heavy atom. The zero-order valence-electron chi connectivity index (χ0n) is 12.7. The Balaban J connectivity index is 3.20. The molecule has 18 heavy (non-hydrogen) atoms. The number of hydrogen-bond acceptors (Lipinski definition) is 0. The van der Waals surface area contributed by atoms with E-state index in [1.807, 2.05) is 0 Å². The van der Waals surface area contributed by atoms with Gasteiger partial charge in [-0.3, -0.25) is 0 Å². The Labute approximate surface area is 121 Å². The lowest BCUT2D eigenvalue weighted by Gasteiger charge is -2.26. The highest BCUT2D eigenvalue weighted by Gasteiger charge is 2.20. The Kier molecular flexibility index (Phi) is 5.46. The van der Waals surface area contributed by atoms with Crippen molar-refractivity contribution in [1.82, 2.24) is 0 Å². The second-order valence-corrected chi connectivity index (χ2v) is 7.44. The molecular weight excluding hydrogens is 284 g/mol. The summed E-state index contributed by atoms with van der Waals surface area (Å²) < 4.78 is 0. The average Bonchev–Trinajstić information content (AvgIpc) is 2.25. The molecule has 1 unspecified atom stereocenters. The first kappa shape index (κ1) is 15.8. The van der Waals surface area contributed by atoms with Gasteiger partial charge in [0.2, 0.25) is 0 Å². The highest BCUT2D eigenvalue weighted by molar-refractivity contribution is 9.09. The number of aryl methyl sites for hydroxylation is 1. The van der Waals surface area contributed by atoms with Gasteiger partial charge in [-0.1, -0.05) is 68.7 Å².